The van der Waals surface area contributed by atoms with Crippen LogP contribution in [0.4, 0.5) is 0 Å². The fourth-order valence-corrected chi connectivity index (χ4v) is 3.99. The lowest BCUT2D eigenvalue weighted by atomic mass is 9.80. The number of phenols is 1. The van der Waals surface area contributed by atoms with Crippen molar-refractivity contribution >= 4 is 24.8 Å². The number of aromatic hydroxyl groups is 1. The molecule has 4 rings (SSSR count). The molecule has 1 saturated heterocycles. The van der Waals surface area contributed by atoms with Gasteiger partial charge in [0.15, 0.2) is 0 Å². The Kier molecular flexibility index (Phi) is 6.16. The number of fused-ring (bicyclic) bond motifs is 3. The lowest BCUT2D eigenvalue weighted by molar-refractivity contribution is 0.0766. The van der Waals surface area contributed by atoms with Crippen LogP contribution in [0.15, 0.2) is 48.5 Å². The van der Waals surface area contributed by atoms with Gasteiger partial charge in [0.05, 0.1) is 0 Å². The van der Waals surface area contributed by atoms with E-state index in [-0.39, 0.29) is 30.7 Å². The predicted octanol–water partition coefficient (Wildman–Crippen LogP) is 3.67. The highest BCUT2D eigenvalue weighted by Crippen LogP contribution is 2.44. The minimum absolute atomic E-state index is 0. The van der Waals surface area contributed by atoms with Crippen LogP contribution in [-0.2, 0) is 0 Å². The Bertz CT molecular complexity index is 680. The van der Waals surface area contributed by atoms with Crippen molar-refractivity contribution in [1.82, 2.24) is 9.80 Å². The molecule has 0 unspecified atom stereocenters. The summed E-state index contributed by atoms with van der Waals surface area (Å²) in [4.78, 5) is 4.97. The molecule has 0 radical (unpaired) electrons. The van der Waals surface area contributed by atoms with Crippen LogP contribution in [0.2, 0.25) is 0 Å². The van der Waals surface area contributed by atoms with E-state index in [1.807, 2.05) is 12.1 Å². The van der Waals surface area contributed by atoms with Gasteiger partial charge in [-0.2, -0.15) is 0 Å². The summed E-state index contributed by atoms with van der Waals surface area (Å²) in [7, 11) is 2.18. The highest BCUT2D eigenvalue weighted by molar-refractivity contribution is 5.85. The van der Waals surface area contributed by atoms with Crippen LogP contribution >= 0.6 is 24.8 Å². The fourth-order valence-electron chi connectivity index (χ4n) is 3.99. The monoisotopic (exact) mass is 366 g/mol. The first kappa shape index (κ1) is 19.1. The molecular formula is C19H24Cl2N2O. The third-order valence-corrected chi connectivity index (χ3v) is 5.14. The largest absolute Gasteiger partial charge is 0.508 e. The fraction of sp³-hybridized carbons (Fsp3) is 0.368. The number of phenolic OH excluding ortho intramolecular Hbond substituents is 1. The van der Waals surface area contributed by atoms with Gasteiger partial charge in [0.25, 0.3) is 0 Å². The van der Waals surface area contributed by atoms with Gasteiger partial charge in [-0.05, 0) is 24.2 Å². The van der Waals surface area contributed by atoms with Gasteiger partial charge < -0.3 is 10.0 Å². The van der Waals surface area contributed by atoms with Crippen LogP contribution < -0.4 is 0 Å². The first-order valence-corrected chi connectivity index (χ1v) is 8.03. The zero-order valence-electron chi connectivity index (χ0n) is 13.8. The molecule has 2 aliphatic heterocycles. The number of benzene rings is 2. The van der Waals surface area contributed by atoms with Crippen molar-refractivity contribution in [2.45, 2.75) is 12.0 Å². The summed E-state index contributed by atoms with van der Waals surface area (Å²) >= 11 is 0. The minimum Gasteiger partial charge on any atom is -0.508 e. The van der Waals surface area contributed by atoms with Crippen LogP contribution in [0.3, 0.4) is 0 Å². The van der Waals surface area contributed by atoms with Gasteiger partial charge in [-0.1, -0.05) is 42.5 Å². The third-order valence-electron chi connectivity index (χ3n) is 5.14. The maximum absolute atomic E-state index is 10.5. The number of rotatable bonds is 1. The molecule has 0 aromatic heterocycles. The zero-order chi connectivity index (χ0) is 15.1. The Morgan fingerprint density at radius 1 is 0.917 bits per heavy atom. The van der Waals surface area contributed by atoms with Gasteiger partial charge in [0, 0.05) is 43.7 Å². The molecule has 5 heteroatoms. The molecule has 1 N–H and O–H groups in total. The highest BCUT2D eigenvalue weighted by Gasteiger charge is 2.37. The number of piperazine rings is 1. The smallest absolute Gasteiger partial charge is 0.119 e. The van der Waals surface area contributed by atoms with E-state index in [4.69, 9.17) is 0 Å². The second-order valence-electron chi connectivity index (χ2n) is 6.52. The summed E-state index contributed by atoms with van der Waals surface area (Å²) in [6, 6.07) is 17.0. The van der Waals surface area contributed by atoms with Crippen LogP contribution in [0, 0.1) is 0 Å². The number of hydrogen-bond acceptors (Lipinski definition) is 3. The molecule has 0 aliphatic carbocycles. The van der Waals surface area contributed by atoms with Crippen molar-refractivity contribution in [3.8, 4) is 5.75 Å². The standard InChI is InChI=1S/C19H22N2O.2ClH/c1-20-10-11-21-12-16(14-6-3-2-4-7-14)19-15(17(21)13-20)8-5-9-18(19)22;;/h2-9,16-17,22H,10-13H2,1H3;2*1H/t16-,17-;;/m0../s1. The summed E-state index contributed by atoms with van der Waals surface area (Å²) in [5.74, 6) is 0.705. The SMILES string of the molecule is CN1CCN2C[C@@H](c3ccccc3)c3c(O)cccc3[C@@H]2C1.Cl.Cl. The van der Waals surface area contributed by atoms with E-state index in [9.17, 15) is 5.11 Å². The van der Waals surface area contributed by atoms with Gasteiger partial charge in [0.1, 0.15) is 5.75 Å². The number of likely N-dealkylation sites (N-methyl/N-ethyl adjacent to an activating group) is 1. The van der Waals surface area contributed by atoms with Gasteiger partial charge in [-0.25, -0.2) is 0 Å². The van der Waals surface area contributed by atoms with Crippen LogP contribution in [0.25, 0.3) is 0 Å². The van der Waals surface area contributed by atoms with E-state index in [0.717, 1.165) is 31.7 Å². The normalized spacial score (nSPS) is 23.4. The average molecular weight is 367 g/mol. The molecular weight excluding hydrogens is 343 g/mol. The zero-order valence-corrected chi connectivity index (χ0v) is 15.4. The second-order valence-corrected chi connectivity index (χ2v) is 6.52. The van der Waals surface area contributed by atoms with Crippen LogP contribution in [0.5, 0.6) is 5.75 Å². The van der Waals surface area contributed by atoms with Gasteiger partial charge in [0.2, 0.25) is 0 Å². The molecule has 1 fully saturated rings. The molecule has 130 valence electrons. The van der Waals surface area contributed by atoms with Crippen molar-refractivity contribution < 1.29 is 5.11 Å². The van der Waals surface area contributed by atoms with Crippen LogP contribution in [0.1, 0.15) is 28.7 Å². The number of halogens is 2. The number of nitrogens with zero attached hydrogens (tertiary/aromatic N) is 2. The molecule has 3 nitrogen and oxygen atoms in total. The van der Waals surface area contributed by atoms with Crippen molar-refractivity contribution in [2.75, 3.05) is 33.2 Å². The molecule has 0 saturated carbocycles. The lowest BCUT2D eigenvalue weighted by Crippen LogP contribution is -2.50. The summed E-state index contributed by atoms with van der Waals surface area (Å²) < 4.78 is 0. The minimum atomic E-state index is 0. The van der Waals surface area contributed by atoms with Gasteiger partial charge >= 0.3 is 0 Å². The topological polar surface area (TPSA) is 26.7 Å². The molecule has 2 aromatic rings. The molecule has 2 atom stereocenters. The van der Waals surface area contributed by atoms with E-state index >= 15 is 0 Å². The second kappa shape index (κ2) is 7.75. The molecule has 0 amide bonds. The molecule has 2 aliphatic rings. The molecule has 0 bridgehead atoms. The Morgan fingerprint density at radius 2 is 1.67 bits per heavy atom. The van der Waals surface area contributed by atoms with E-state index < -0.39 is 0 Å². The molecule has 2 aromatic carbocycles. The van der Waals surface area contributed by atoms with Crippen molar-refractivity contribution in [3.05, 3.63) is 65.2 Å². The highest BCUT2D eigenvalue weighted by atomic mass is 35.5. The summed E-state index contributed by atoms with van der Waals surface area (Å²) in [5, 5.41) is 10.5. The van der Waals surface area contributed by atoms with Crippen molar-refractivity contribution in [1.29, 1.82) is 0 Å². The predicted molar refractivity (Wildman–Crippen MR) is 103 cm³/mol. The molecule has 0 spiro atoms. The quantitative estimate of drug-likeness (QED) is 0.833. The summed E-state index contributed by atoms with van der Waals surface area (Å²) in [6.07, 6.45) is 0. The van der Waals surface area contributed by atoms with E-state index in [1.54, 1.807) is 0 Å². The van der Waals surface area contributed by atoms with E-state index in [2.05, 4.69) is 53.2 Å². The lowest BCUT2D eigenvalue weighted by Gasteiger charge is -2.46. The molecule has 2 heterocycles. The Hall–Kier alpha value is -1.26. The Balaban J connectivity index is 0.00000104. The summed E-state index contributed by atoms with van der Waals surface area (Å²) in [6.45, 7) is 4.25. The maximum Gasteiger partial charge on any atom is 0.119 e. The van der Waals surface area contributed by atoms with Crippen molar-refractivity contribution in [2.24, 2.45) is 0 Å². The third kappa shape index (κ3) is 3.27. The number of hydrogen-bond donors (Lipinski definition) is 1. The maximum atomic E-state index is 10.5. The Labute approximate surface area is 156 Å². The van der Waals surface area contributed by atoms with E-state index in [0.29, 0.717) is 11.8 Å². The van der Waals surface area contributed by atoms with Crippen LogP contribution in [-0.4, -0.2) is 48.1 Å². The van der Waals surface area contributed by atoms with Crippen molar-refractivity contribution in [3.63, 3.8) is 0 Å². The van der Waals surface area contributed by atoms with Gasteiger partial charge in [-0.15, -0.1) is 24.8 Å². The molecule has 24 heavy (non-hydrogen) atoms. The Morgan fingerprint density at radius 3 is 2.42 bits per heavy atom. The first-order chi connectivity index (χ1) is 10.7. The van der Waals surface area contributed by atoms with E-state index in [1.165, 1.54) is 11.1 Å². The van der Waals surface area contributed by atoms with Gasteiger partial charge in [-0.3, -0.25) is 4.90 Å². The summed E-state index contributed by atoms with van der Waals surface area (Å²) in [5.41, 5.74) is 3.72. The first-order valence-electron chi connectivity index (χ1n) is 8.03. The average Bonchev–Trinajstić information content (AvgIpc) is 2.55.